The minimum Gasteiger partial charge on any atom is -0.324 e. The van der Waals surface area contributed by atoms with Crippen molar-refractivity contribution in [2.24, 2.45) is 14.1 Å². The standard InChI is InChI=1S/C24H30FN7OSi/c1-15-10-18(16-12-27-30(2)14-16)19(25)11-20(15)28-23-26-13-21-22(29-23)32(24(33)31(21)3)17-6-8-34(4,5)9-7-17/h10-14,17H,6-9H2,1-5H3,(H,26,28,29). The lowest BCUT2D eigenvalue weighted by Crippen LogP contribution is -2.35. The van der Waals surface area contributed by atoms with E-state index < -0.39 is 8.07 Å². The lowest BCUT2D eigenvalue weighted by Gasteiger charge is -2.33. The van der Waals surface area contributed by atoms with Crippen LogP contribution >= 0.6 is 0 Å². The van der Waals surface area contributed by atoms with Gasteiger partial charge in [-0.1, -0.05) is 25.2 Å². The van der Waals surface area contributed by atoms with Crippen LogP contribution in [-0.2, 0) is 14.1 Å². The highest BCUT2D eigenvalue weighted by atomic mass is 28.3. The molecule has 0 unspecified atom stereocenters. The normalized spacial score (nSPS) is 16.3. The molecule has 1 aliphatic heterocycles. The van der Waals surface area contributed by atoms with Gasteiger partial charge in [0, 0.05) is 51.2 Å². The van der Waals surface area contributed by atoms with Crippen LogP contribution in [0.5, 0.6) is 0 Å². The first kappa shape index (κ1) is 22.5. The van der Waals surface area contributed by atoms with Crippen molar-refractivity contribution in [1.82, 2.24) is 28.9 Å². The van der Waals surface area contributed by atoms with Crippen molar-refractivity contribution >= 4 is 30.9 Å². The molecule has 4 aromatic rings. The molecule has 1 aliphatic rings. The Morgan fingerprint density at radius 3 is 2.56 bits per heavy atom. The van der Waals surface area contributed by atoms with Crippen LogP contribution in [0.4, 0.5) is 16.0 Å². The number of imidazole rings is 1. The Morgan fingerprint density at radius 1 is 1.15 bits per heavy atom. The van der Waals surface area contributed by atoms with Crippen molar-refractivity contribution in [3.05, 3.63) is 52.6 Å². The van der Waals surface area contributed by atoms with Gasteiger partial charge in [-0.25, -0.2) is 14.2 Å². The Balaban J connectivity index is 1.49. The summed E-state index contributed by atoms with van der Waals surface area (Å²) in [4.78, 5) is 22.2. The van der Waals surface area contributed by atoms with E-state index in [9.17, 15) is 9.18 Å². The average Bonchev–Trinajstić information content (AvgIpc) is 3.32. The Hall–Kier alpha value is -3.27. The average molecular weight is 480 g/mol. The van der Waals surface area contributed by atoms with E-state index in [1.54, 1.807) is 48.0 Å². The number of rotatable bonds is 4. The molecule has 1 saturated heterocycles. The van der Waals surface area contributed by atoms with E-state index in [1.807, 2.05) is 11.5 Å². The molecule has 3 aromatic heterocycles. The van der Waals surface area contributed by atoms with E-state index >= 15 is 0 Å². The van der Waals surface area contributed by atoms with Crippen LogP contribution in [0.3, 0.4) is 0 Å². The number of anilines is 2. The third kappa shape index (κ3) is 3.95. The van der Waals surface area contributed by atoms with E-state index in [0.717, 1.165) is 24.0 Å². The smallest absolute Gasteiger partial charge is 0.324 e. The maximum atomic E-state index is 14.9. The van der Waals surface area contributed by atoms with Crippen molar-refractivity contribution in [2.75, 3.05) is 5.32 Å². The largest absolute Gasteiger partial charge is 0.330 e. The first-order chi connectivity index (χ1) is 16.1. The molecule has 0 amide bonds. The molecule has 10 heteroatoms. The van der Waals surface area contributed by atoms with E-state index in [0.29, 0.717) is 28.4 Å². The van der Waals surface area contributed by atoms with Crippen molar-refractivity contribution in [3.8, 4) is 11.1 Å². The number of aromatic nitrogens is 6. The Bertz CT molecular complexity index is 1440. The number of nitrogens with one attached hydrogen (secondary N) is 1. The zero-order chi connectivity index (χ0) is 24.2. The summed E-state index contributed by atoms with van der Waals surface area (Å²) in [5.74, 6) is -0.0122. The van der Waals surface area contributed by atoms with Crippen molar-refractivity contribution in [3.63, 3.8) is 0 Å². The number of hydrogen-bond acceptors (Lipinski definition) is 5. The molecule has 1 N–H and O–H groups in total. The Labute approximate surface area is 198 Å². The minimum atomic E-state index is -1.15. The molecule has 0 atom stereocenters. The van der Waals surface area contributed by atoms with E-state index in [1.165, 1.54) is 18.2 Å². The first-order valence-corrected chi connectivity index (χ1v) is 15.0. The second kappa shape index (κ2) is 8.19. The van der Waals surface area contributed by atoms with Crippen LogP contribution in [-0.4, -0.2) is 37.0 Å². The lowest BCUT2D eigenvalue weighted by atomic mass is 10.0. The predicted octanol–water partition coefficient (Wildman–Crippen LogP) is 4.76. The fraction of sp³-hybridized carbons (Fsp3) is 0.417. The first-order valence-electron chi connectivity index (χ1n) is 11.6. The molecular weight excluding hydrogens is 449 g/mol. The lowest BCUT2D eigenvalue weighted by molar-refractivity contribution is 0.443. The highest BCUT2D eigenvalue weighted by Crippen LogP contribution is 2.36. The van der Waals surface area contributed by atoms with Crippen LogP contribution in [0.15, 0.2) is 35.5 Å². The van der Waals surface area contributed by atoms with Gasteiger partial charge in [-0.3, -0.25) is 13.8 Å². The van der Waals surface area contributed by atoms with Gasteiger partial charge >= 0.3 is 5.69 Å². The molecule has 1 aromatic carbocycles. The maximum absolute atomic E-state index is 14.9. The summed E-state index contributed by atoms with van der Waals surface area (Å²) in [6.07, 6.45) is 7.10. The number of benzene rings is 1. The molecular formula is C24H30FN7OSi. The zero-order valence-corrected chi connectivity index (χ0v) is 21.3. The van der Waals surface area contributed by atoms with Crippen molar-refractivity contribution < 1.29 is 4.39 Å². The van der Waals surface area contributed by atoms with Crippen LogP contribution in [0.2, 0.25) is 25.2 Å². The molecule has 5 rings (SSSR count). The summed E-state index contributed by atoms with van der Waals surface area (Å²) in [6.45, 7) is 6.74. The molecule has 0 aliphatic carbocycles. The summed E-state index contributed by atoms with van der Waals surface area (Å²) >= 11 is 0. The molecule has 178 valence electrons. The fourth-order valence-corrected chi connectivity index (χ4v) is 7.36. The van der Waals surface area contributed by atoms with Crippen LogP contribution in [0.1, 0.15) is 24.4 Å². The van der Waals surface area contributed by atoms with Gasteiger partial charge in [0.1, 0.15) is 11.3 Å². The molecule has 8 nitrogen and oxygen atoms in total. The summed E-state index contributed by atoms with van der Waals surface area (Å²) in [5, 5.41) is 7.29. The van der Waals surface area contributed by atoms with Gasteiger partial charge in [0.15, 0.2) is 5.65 Å². The van der Waals surface area contributed by atoms with Crippen molar-refractivity contribution in [1.29, 1.82) is 0 Å². The minimum absolute atomic E-state index is 0.0594. The van der Waals surface area contributed by atoms with E-state index in [4.69, 9.17) is 4.98 Å². The van der Waals surface area contributed by atoms with E-state index in [-0.39, 0.29) is 17.5 Å². The third-order valence-electron chi connectivity index (χ3n) is 7.08. The predicted molar refractivity (Wildman–Crippen MR) is 135 cm³/mol. The summed E-state index contributed by atoms with van der Waals surface area (Å²) in [6, 6.07) is 5.81. The molecule has 0 bridgehead atoms. The number of halogens is 1. The van der Waals surface area contributed by atoms with Crippen molar-refractivity contribution in [2.45, 2.75) is 51.0 Å². The highest BCUT2D eigenvalue weighted by molar-refractivity contribution is 6.77. The van der Waals surface area contributed by atoms with Crippen LogP contribution in [0, 0.1) is 12.7 Å². The van der Waals surface area contributed by atoms with Gasteiger partial charge in [0.25, 0.3) is 0 Å². The monoisotopic (exact) mass is 479 g/mol. The Morgan fingerprint density at radius 2 is 1.88 bits per heavy atom. The molecule has 0 radical (unpaired) electrons. The number of nitrogens with zero attached hydrogens (tertiary/aromatic N) is 6. The number of fused-ring (bicyclic) bond motifs is 1. The Kier molecular flexibility index (Phi) is 5.42. The summed E-state index contributed by atoms with van der Waals surface area (Å²) in [7, 11) is 2.41. The SMILES string of the molecule is Cc1cc(-c2cnn(C)c2)c(F)cc1Nc1ncc2c(n1)n(C1CC[Si](C)(C)CC1)c(=O)n2C. The zero-order valence-electron chi connectivity index (χ0n) is 20.3. The number of hydrogen-bond donors (Lipinski definition) is 1. The van der Waals surface area contributed by atoms with Crippen LogP contribution < -0.4 is 11.0 Å². The highest BCUT2D eigenvalue weighted by Gasteiger charge is 2.31. The molecule has 4 heterocycles. The van der Waals surface area contributed by atoms with Gasteiger partial charge in [0.05, 0.1) is 12.4 Å². The third-order valence-corrected chi connectivity index (χ3v) is 10.4. The van der Waals surface area contributed by atoms with Gasteiger partial charge in [-0.15, -0.1) is 0 Å². The second-order valence-corrected chi connectivity index (χ2v) is 15.5. The van der Waals surface area contributed by atoms with Gasteiger partial charge < -0.3 is 5.32 Å². The van der Waals surface area contributed by atoms with Gasteiger partial charge in [-0.05, 0) is 37.5 Å². The van der Waals surface area contributed by atoms with E-state index in [2.05, 4.69) is 28.5 Å². The molecule has 0 spiro atoms. The van der Waals surface area contributed by atoms with Gasteiger partial charge in [-0.2, -0.15) is 10.1 Å². The topological polar surface area (TPSA) is 82.6 Å². The summed E-state index contributed by atoms with van der Waals surface area (Å²) < 4.78 is 20.0. The molecule has 0 saturated carbocycles. The fourth-order valence-electron chi connectivity index (χ4n) is 4.89. The number of aryl methyl sites for hydroxylation is 3. The molecule has 34 heavy (non-hydrogen) atoms. The van der Waals surface area contributed by atoms with Crippen LogP contribution in [0.25, 0.3) is 22.3 Å². The van der Waals surface area contributed by atoms with Gasteiger partial charge in [0.2, 0.25) is 5.95 Å². The second-order valence-electron chi connectivity index (χ2n) is 10.2. The molecule has 1 fully saturated rings. The summed E-state index contributed by atoms with van der Waals surface area (Å²) in [5.41, 5.74) is 3.92. The maximum Gasteiger partial charge on any atom is 0.330 e. The quantitative estimate of drug-likeness (QED) is 0.427.